The highest BCUT2D eigenvalue weighted by molar-refractivity contribution is 8.00. The fourth-order valence-corrected chi connectivity index (χ4v) is 2.34. The van der Waals surface area contributed by atoms with Crippen molar-refractivity contribution in [3.8, 4) is 0 Å². The minimum atomic E-state index is -4.44. The van der Waals surface area contributed by atoms with E-state index in [2.05, 4.69) is 5.32 Å². The Morgan fingerprint density at radius 3 is 2.21 bits per heavy atom. The second-order valence-electron chi connectivity index (χ2n) is 4.52. The van der Waals surface area contributed by atoms with E-state index in [0.29, 0.717) is 0 Å². The van der Waals surface area contributed by atoms with Gasteiger partial charge in [-0.1, -0.05) is 0 Å². The van der Waals surface area contributed by atoms with E-state index in [9.17, 15) is 27.2 Å². The van der Waals surface area contributed by atoms with Crippen molar-refractivity contribution in [2.45, 2.75) is 10.4 Å². The van der Waals surface area contributed by atoms with Gasteiger partial charge >= 0.3 is 11.5 Å². The first kappa shape index (κ1) is 17.8. The molecule has 0 fully saturated rings. The van der Waals surface area contributed by atoms with E-state index in [1.807, 2.05) is 0 Å². The first-order valence-corrected chi connectivity index (χ1v) is 7.17. The van der Waals surface area contributed by atoms with Crippen LogP contribution in [0.1, 0.15) is 20.7 Å². The summed E-state index contributed by atoms with van der Waals surface area (Å²) in [5.41, 5.74) is -4.97. The maximum Gasteiger partial charge on any atom is 0.446 e. The van der Waals surface area contributed by atoms with Crippen LogP contribution in [0.2, 0.25) is 0 Å². The van der Waals surface area contributed by atoms with Crippen LogP contribution in [0.4, 0.5) is 23.2 Å². The Hall–Kier alpha value is -2.55. The Balaban J connectivity index is 2.17. The van der Waals surface area contributed by atoms with Crippen LogP contribution in [0.25, 0.3) is 0 Å². The molecule has 0 aliphatic rings. The number of nitrogens with one attached hydrogen (secondary N) is 1. The summed E-state index contributed by atoms with van der Waals surface area (Å²) in [7, 11) is 0. The van der Waals surface area contributed by atoms with E-state index in [0.717, 1.165) is 30.3 Å². The van der Waals surface area contributed by atoms with E-state index in [-0.39, 0.29) is 27.9 Å². The maximum atomic E-state index is 13.1. The molecule has 0 spiro atoms. The van der Waals surface area contributed by atoms with Crippen molar-refractivity contribution in [3.05, 3.63) is 59.4 Å². The fourth-order valence-electron chi connectivity index (χ4n) is 1.80. The number of anilines is 1. The molecule has 2 aromatic rings. The molecule has 0 saturated carbocycles. The minimum absolute atomic E-state index is 0.0298. The normalized spacial score (nSPS) is 11.2. The Labute approximate surface area is 137 Å². The number of rotatable bonds is 4. The molecule has 2 N–H and O–H groups in total. The third-order valence-corrected chi connectivity index (χ3v) is 3.55. The fraction of sp³-hybridized carbons (Fsp3) is 0.0667. The van der Waals surface area contributed by atoms with Gasteiger partial charge in [-0.05, 0) is 54.2 Å². The van der Waals surface area contributed by atoms with Gasteiger partial charge in [-0.25, -0.2) is 9.18 Å². The molecule has 126 valence electrons. The SMILES string of the molecule is O=C(Nc1ccc(F)cc1C(=O)O)c1ccc(SC(F)(F)F)cc1. The van der Waals surface area contributed by atoms with Crippen LogP contribution in [0.5, 0.6) is 0 Å². The van der Waals surface area contributed by atoms with Gasteiger partial charge in [-0.3, -0.25) is 4.79 Å². The lowest BCUT2D eigenvalue weighted by molar-refractivity contribution is -0.0328. The smallest absolute Gasteiger partial charge is 0.446 e. The second kappa shape index (κ2) is 6.91. The second-order valence-corrected chi connectivity index (χ2v) is 5.66. The Morgan fingerprint density at radius 2 is 1.67 bits per heavy atom. The van der Waals surface area contributed by atoms with Crippen LogP contribution in [0.3, 0.4) is 0 Å². The van der Waals surface area contributed by atoms with E-state index in [1.165, 1.54) is 12.1 Å². The number of carboxylic acid groups (broad SMARTS) is 1. The highest BCUT2D eigenvalue weighted by Crippen LogP contribution is 2.36. The first-order valence-electron chi connectivity index (χ1n) is 6.36. The number of hydrogen-bond acceptors (Lipinski definition) is 3. The zero-order valence-electron chi connectivity index (χ0n) is 11.7. The summed E-state index contributed by atoms with van der Waals surface area (Å²) in [5.74, 6) is -2.94. The van der Waals surface area contributed by atoms with Crippen molar-refractivity contribution >= 4 is 29.3 Å². The molecule has 24 heavy (non-hydrogen) atoms. The molecule has 1 amide bonds. The van der Waals surface area contributed by atoms with Crippen molar-refractivity contribution in [2.24, 2.45) is 0 Å². The average Bonchev–Trinajstić information content (AvgIpc) is 2.48. The number of thioether (sulfide) groups is 1. The number of carboxylic acids is 1. The van der Waals surface area contributed by atoms with Crippen molar-refractivity contribution in [1.29, 1.82) is 0 Å². The van der Waals surface area contributed by atoms with Crippen LogP contribution in [-0.2, 0) is 0 Å². The molecule has 0 radical (unpaired) electrons. The lowest BCUT2D eigenvalue weighted by Gasteiger charge is -2.09. The molecule has 0 heterocycles. The summed E-state index contributed by atoms with van der Waals surface area (Å²) in [5, 5.41) is 11.3. The van der Waals surface area contributed by atoms with Crippen molar-refractivity contribution < 1.29 is 32.3 Å². The van der Waals surface area contributed by atoms with Crippen LogP contribution in [0.15, 0.2) is 47.4 Å². The van der Waals surface area contributed by atoms with Crippen LogP contribution < -0.4 is 5.32 Å². The Morgan fingerprint density at radius 1 is 1.04 bits per heavy atom. The minimum Gasteiger partial charge on any atom is -0.478 e. The quantitative estimate of drug-likeness (QED) is 0.628. The molecule has 0 aliphatic carbocycles. The summed E-state index contributed by atoms with van der Waals surface area (Å²) in [6, 6.07) is 7.41. The lowest BCUT2D eigenvalue weighted by atomic mass is 10.1. The molecule has 0 bridgehead atoms. The monoisotopic (exact) mass is 359 g/mol. The molecule has 9 heteroatoms. The molecule has 0 saturated heterocycles. The van der Waals surface area contributed by atoms with Gasteiger partial charge in [-0.15, -0.1) is 0 Å². The third kappa shape index (κ3) is 4.72. The predicted octanol–water partition coefficient (Wildman–Crippen LogP) is 4.39. The van der Waals surface area contributed by atoms with E-state index >= 15 is 0 Å². The summed E-state index contributed by atoms with van der Waals surface area (Å²) in [6.07, 6.45) is 0. The van der Waals surface area contributed by atoms with Gasteiger partial charge in [-0.2, -0.15) is 13.2 Å². The number of amides is 1. The van der Waals surface area contributed by atoms with E-state index in [4.69, 9.17) is 5.11 Å². The van der Waals surface area contributed by atoms with E-state index in [1.54, 1.807) is 0 Å². The Bertz CT molecular complexity index is 775. The number of benzene rings is 2. The first-order chi connectivity index (χ1) is 11.2. The predicted molar refractivity (Wildman–Crippen MR) is 79.7 cm³/mol. The van der Waals surface area contributed by atoms with Gasteiger partial charge < -0.3 is 10.4 Å². The largest absolute Gasteiger partial charge is 0.478 e. The molecular weight excluding hydrogens is 350 g/mol. The standard InChI is InChI=1S/C15H9F4NO3S/c16-9-3-6-12(11(7-9)14(22)23)20-13(21)8-1-4-10(5-2-8)24-15(17,18)19/h1-7H,(H,20,21)(H,22,23). The summed E-state index contributed by atoms with van der Waals surface area (Å²) < 4.78 is 49.8. The molecule has 2 rings (SSSR count). The van der Waals surface area contributed by atoms with Crippen LogP contribution >= 0.6 is 11.8 Å². The Kier molecular flexibility index (Phi) is 5.13. The zero-order valence-corrected chi connectivity index (χ0v) is 12.5. The number of carbonyl (C=O) groups is 2. The van der Waals surface area contributed by atoms with Gasteiger partial charge in [0.2, 0.25) is 0 Å². The molecular formula is C15H9F4NO3S. The number of carbonyl (C=O) groups excluding carboxylic acids is 1. The summed E-state index contributed by atoms with van der Waals surface area (Å²) in [4.78, 5) is 23.0. The van der Waals surface area contributed by atoms with Crippen molar-refractivity contribution in [2.75, 3.05) is 5.32 Å². The highest BCUT2D eigenvalue weighted by atomic mass is 32.2. The molecule has 0 aliphatic heterocycles. The lowest BCUT2D eigenvalue weighted by Crippen LogP contribution is -2.15. The highest BCUT2D eigenvalue weighted by Gasteiger charge is 2.29. The average molecular weight is 359 g/mol. The molecule has 2 aromatic carbocycles. The zero-order chi connectivity index (χ0) is 17.9. The maximum absolute atomic E-state index is 13.1. The topological polar surface area (TPSA) is 66.4 Å². The molecule has 0 unspecified atom stereocenters. The van der Waals surface area contributed by atoms with Crippen LogP contribution in [0, 0.1) is 5.82 Å². The van der Waals surface area contributed by atoms with Gasteiger partial charge in [0.1, 0.15) is 5.82 Å². The van der Waals surface area contributed by atoms with Crippen molar-refractivity contribution in [3.63, 3.8) is 0 Å². The number of aromatic carboxylic acids is 1. The van der Waals surface area contributed by atoms with Gasteiger partial charge in [0.15, 0.2) is 0 Å². The molecule has 4 nitrogen and oxygen atoms in total. The van der Waals surface area contributed by atoms with Gasteiger partial charge in [0.05, 0.1) is 11.3 Å². The van der Waals surface area contributed by atoms with Crippen molar-refractivity contribution in [1.82, 2.24) is 0 Å². The van der Waals surface area contributed by atoms with Crippen LogP contribution in [-0.4, -0.2) is 22.5 Å². The summed E-state index contributed by atoms with van der Waals surface area (Å²) >= 11 is -0.318. The van der Waals surface area contributed by atoms with Gasteiger partial charge in [0.25, 0.3) is 5.91 Å². The summed E-state index contributed by atoms with van der Waals surface area (Å²) in [6.45, 7) is 0. The van der Waals surface area contributed by atoms with Gasteiger partial charge in [0, 0.05) is 10.5 Å². The number of halogens is 4. The van der Waals surface area contributed by atoms with E-state index < -0.39 is 28.8 Å². The number of hydrogen-bond donors (Lipinski definition) is 2. The third-order valence-electron chi connectivity index (χ3n) is 2.81. The molecule has 0 aromatic heterocycles. The number of alkyl halides is 3. The molecule has 0 atom stereocenters.